The summed E-state index contributed by atoms with van der Waals surface area (Å²) in [6, 6.07) is 8.01. The van der Waals surface area contributed by atoms with Gasteiger partial charge in [0.15, 0.2) is 17.3 Å². The Hall–Kier alpha value is -2.47. The number of fused-ring (bicyclic) bond motifs is 1. The molecule has 1 aliphatic rings. The number of halogens is 1. The standard InChI is InChI=1S/C18H15BrO5/c1-3-23-16-8-10(6-13(19)18(16)22-2)7-15-17(21)12-5-4-11(20)9-14(12)24-15/h4-9,20H,3H2,1-2H3/b15-7+. The van der Waals surface area contributed by atoms with Gasteiger partial charge in [-0.15, -0.1) is 0 Å². The van der Waals surface area contributed by atoms with Crippen LogP contribution in [0.25, 0.3) is 6.08 Å². The number of aromatic hydroxyl groups is 1. The van der Waals surface area contributed by atoms with E-state index in [1.807, 2.05) is 13.0 Å². The zero-order valence-corrected chi connectivity index (χ0v) is 14.7. The highest BCUT2D eigenvalue weighted by molar-refractivity contribution is 9.10. The number of phenols is 1. The van der Waals surface area contributed by atoms with Gasteiger partial charge in [-0.1, -0.05) is 0 Å². The minimum Gasteiger partial charge on any atom is -0.508 e. The molecule has 0 aromatic heterocycles. The second-order valence-electron chi connectivity index (χ2n) is 5.09. The van der Waals surface area contributed by atoms with Crippen LogP contribution >= 0.6 is 15.9 Å². The van der Waals surface area contributed by atoms with Gasteiger partial charge in [-0.05, 0) is 58.8 Å². The van der Waals surface area contributed by atoms with Crippen LogP contribution in [0.15, 0.2) is 40.6 Å². The fourth-order valence-corrected chi connectivity index (χ4v) is 3.08. The summed E-state index contributed by atoms with van der Waals surface area (Å²) < 4.78 is 17.2. The summed E-state index contributed by atoms with van der Waals surface area (Å²) in [6.45, 7) is 2.37. The Labute approximate surface area is 147 Å². The van der Waals surface area contributed by atoms with E-state index in [0.717, 1.165) is 5.56 Å². The lowest BCUT2D eigenvalue weighted by Crippen LogP contribution is -1.99. The van der Waals surface area contributed by atoms with Crippen LogP contribution in [0, 0.1) is 0 Å². The van der Waals surface area contributed by atoms with Crippen molar-refractivity contribution in [3.05, 3.63) is 51.7 Å². The molecule has 124 valence electrons. The van der Waals surface area contributed by atoms with Crippen molar-refractivity contribution in [1.82, 2.24) is 0 Å². The fraction of sp³-hybridized carbons (Fsp3) is 0.167. The zero-order valence-electron chi connectivity index (χ0n) is 13.1. The maximum absolute atomic E-state index is 12.4. The number of hydrogen-bond acceptors (Lipinski definition) is 5. The average molecular weight is 391 g/mol. The van der Waals surface area contributed by atoms with Gasteiger partial charge in [0.05, 0.1) is 23.8 Å². The van der Waals surface area contributed by atoms with Crippen LogP contribution < -0.4 is 14.2 Å². The van der Waals surface area contributed by atoms with Gasteiger partial charge in [0, 0.05) is 6.07 Å². The molecule has 0 fully saturated rings. The van der Waals surface area contributed by atoms with Gasteiger partial charge in [-0.3, -0.25) is 4.79 Å². The summed E-state index contributed by atoms with van der Waals surface area (Å²) in [5.41, 5.74) is 1.16. The molecular weight excluding hydrogens is 376 g/mol. The quantitative estimate of drug-likeness (QED) is 0.793. The van der Waals surface area contributed by atoms with Gasteiger partial charge in [-0.2, -0.15) is 0 Å². The molecule has 24 heavy (non-hydrogen) atoms. The minimum absolute atomic E-state index is 0.0497. The number of Topliss-reactive ketones (excluding diaryl/α,β-unsaturated/α-hetero) is 1. The lowest BCUT2D eigenvalue weighted by molar-refractivity contribution is 0.101. The SMILES string of the molecule is CCOc1cc(/C=C2/Oc3cc(O)ccc3C2=O)cc(Br)c1OC. The summed E-state index contributed by atoms with van der Waals surface area (Å²) in [4.78, 5) is 12.4. The molecule has 0 atom stereocenters. The Morgan fingerprint density at radius 2 is 2.08 bits per heavy atom. The molecular formula is C18H15BrO5. The summed E-state index contributed by atoms with van der Waals surface area (Å²) in [6.07, 6.45) is 1.63. The smallest absolute Gasteiger partial charge is 0.231 e. The third-order valence-corrected chi connectivity index (χ3v) is 4.08. The molecule has 2 aromatic carbocycles. The Bertz CT molecular complexity index is 842. The molecule has 1 N–H and O–H groups in total. The van der Waals surface area contributed by atoms with E-state index >= 15 is 0 Å². The van der Waals surface area contributed by atoms with Crippen molar-refractivity contribution >= 4 is 27.8 Å². The Morgan fingerprint density at radius 3 is 2.79 bits per heavy atom. The second kappa shape index (κ2) is 6.57. The van der Waals surface area contributed by atoms with E-state index in [2.05, 4.69) is 15.9 Å². The van der Waals surface area contributed by atoms with Crippen LogP contribution in [0.1, 0.15) is 22.8 Å². The van der Waals surface area contributed by atoms with Crippen molar-refractivity contribution in [3.8, 4) is 23.0 Å². The van der Waals surface area contributed by atoms with E-state index in [9.17, 15) is 9.90 Å². The van der Waals surface area contributed by atoms with Crippen LogP contribution in [0.4, 0.5) is 0 Å². The lowest BCUT2D eigenvalue weighted by atomic mass is 10.1. The number of allylic oxidation sites excluding steroid dienone is 1. The average Bonchev–Trinajstić information content (AvgIpc) is 2.83. The largest absolute Gasteiger partial charge is 0.508 e. The summed E-state index contributed by atoms with van der Waals surface area (Å²) in [7, 11) is 1.56. The number of methoxy groups -OCH3 is 1. The van der Waals surface area contributed by atoms with Crippen molar-refractivity contribution in [3.63, 3.8) is 0 Å². The van der Waals surface area contributed by atoms with Crippen molar-refractivity contribution in [2.24, 2.45) is 0 Å². The third kappa shape index (κ3) is 2.97. The number of ketones is 1. The fourth-order valence-electron chi connectivity index (χ4n) is 2.46. The van der Waals surface area contributed by atoms with Gasteiger partial charge < -0.3 is 19.3 Å². The highest BCUT2D eigenvalue weighted by Gasteiger charge is 2.27. The number of rotatable bonds is 4. The first-order chi connectivity index (χ1) is 11.5. The molecule has 1 aliphatic heterocycles. The maximum atomic E-state index is 12.4. The molecule has 0 unspecified atom stereocenters. The highest BCUT2D eigenvalue weighted by Crippen LogP contribution is 2.39. The van der Waals surface area contributed by atoms with Crippen LogP contribution in [0.3, 0.4) is 0 Å². The van der Waals surface area contributed by atoms with Gasteiger partial charge in [0.2, 0.25) is 5.78 Å². The molecule has 0 saturated heterocycles. The van der Waals surface area contributed by atoms with Crippen molar-refractivity contribution < 1.29 is 24.1 Å². The van der Waals surface area contributed by atoms with Crippen LogP contribution in [0.5, 0.6) is 23.0 Å². The van der Waals surface area contributed by atoms with Gasteiger partial charge in [-0.25, -0.2) is 0 Å². The maximum Gasteiger partial charge on any atom is 0.231 e. The van der Waals surface area contributed by atoms with Crippen LogP contribution in [-0.2, 0) is 0 Å². The number of phenolic OH excluding ortho intramolecular Hbond substituents is 1. The molecule has 5 nitrogen and oxygen atoms in total. The van der Waals surface area contributed by atoms with Gasteiger partial charge in [0.1, 0.15) is 11.5 Å². The normalized spacial score (nSPS) is 14.5. The molecule has 0 amide bonds. The number of hydrogen-bond donors (Lipinski definition) is 1. The molecule has 0 bridgehead atoms. The van der Waals surface area contributed by atoms with E-state index in [4.69, 9.17) is 14.2 Å². The molecule has 3 rings (SSSR count). The number of carbonyl (C=O) groups excluding carboxylic acids is 1. The topological polar surface area (TPSA) is 65.0 Å². The van der Waals surface area contributed by atoms with E-state index in [-0.39, 0.29) is 17.3 Å². The van der Waals surface area contributed by atoms with Crippen molar-refractivity contribution in [2.75, 3.05) is 13.7 Å². The predicted molar refractivity (Wildman–Crippen MR) is 92.9 cm³/mol. The van der Waals surface area contributed by atoms with E-state index in [0.29, 0.717) is 33.9 Å². The van der Waals surface area contributed by atoms with Gasteiger partial charge in [0.25, 0.3) is 0 Å². The van der Waals surface area contributed by atoms with Crippen LogP contribution in [-0.4, -0.2) is 24.6 Å². The van der Waals surface area contributed by atoms with Crippen molar-refractivity contribution in [2.45, 2.75) is 6.92 Å². The molecule has 1 heterocycles. The first-order valence-electron chi connectivity index (χ1n) is 7.31. The highest BCUT2D eigenvalue weighted by atomic mass is 79.9. The zero-order chi connectivity index (χ0) is 17.3. The molecule has 0 aliphatic carbocycles. The molecule has 0 spiro atoms. The van der Waals surface area contributed by atoms with E-state index < -0.39 is 0 Å². The Morgan fingerprint density at radius 1 is 1.29 bits per heavy atom. The Balaban J connectivity index is 1.99. The van der Waals surface area contributed by atoms with E-state index in [1.54, 1.807) is 25.3 Å². The Kier molecular flexibility index (Phi) is 4.49. The number of carbonyl (C=O) groups is 1. The van der Waals surface area contributed by atoms with E-state index in [1.165, 1.54) is 12.1 Å². The first kappa shape index (κ1) is 16.4. The molecule has 2 aromatic rings. The van der Waals surface area contributed by atoms with Crippen molar-refractivity contribution in [1.29, 1.82) is 0 Å². The summed E-state index contributed by atoms with van der Waals surface area (Å²) in [5, 5.41) is 9.50. The minimum atomic E-state index is -0.227. The van der Waals surface area contributed by atoms with Gasteiger partial charge >= 0.3 is 0 Å². The first-order valence-corrected chi connectivity index (χ1v) is 8.10. The number of ether oxygens (including phenoxy) is 3. The lowest BCUT2D eigenvalue weighted by Gasteiger charge is -2.12. The number of benzene rings is 2. The molecule has 0 radical (unpaired) electrons. The monoisotopic (exact) mass is 390 g/mol. The summed E-state index contributed by atoms with van der Waals surface area (Å²) in [5.74, 6) is 1.52. The van der Waals surface area contributed by atoms with Crippen LogP contribution in [0.2, 0.25) is 0 Å². The summed E-state index contributed by atoms with van der Waals surface area (Å²) >= 11 is 3.44. The molecule has 0 saturated carbocycles. The predicted octanol–water partition coefficient (Wildman–Crippen LogP) is 4.18. The molecule has 6 heteroatoms. The third-order valence-electron chi connectivity index (χ3n) is 3.49. The second-order valence-corrected chi connectivity index (χ2v) is 5.94.